The van der Waals surface area contributed by atoms with E-state index in [0.29, 0.717) is 6.42 Å². The van der Waals surface area contributed by atoms with Crippen LogP contribution in [0.25, 0.3) is 0 Å². The molecule has 0 amide bonds. The zero-order valence-corrected chi connectivity index (χ0v) is 8.39. The van der Waals surface area contributed by atoms with E-state index in [-0.39, 0.29) is 4.91 Å². The van der Waals surface area contributed by atoms with Crippen molar-refractivity contribution < 1.29 is 13.0 Å². The van der Waals surface area contributed by atoms with Crippen molar-refractivity contribution >= 4 is 10.1 Å². The lowest BCUT2D eigenvalue weighted by Gasteiger charge is -1.99. The lowest BCUT2D eigenvalue weighted by molar-refractivity contribution is 0.489. The average molecular weight is 192 g/mol. The van der Waals surface area contributed by atoms with Gasteiger partial charge in [0.2, 0.25) is 0 Å². The molecule has 0 saturated carbocycles. The predicted molar refractivity (Wildman–Crippen MR) is 49.4 cm³/mol. The molecule has 0 rings (SSSR count). The molecule has 0 aliphatic carbocycles. The number of rotatable bonds is 5. The molecule has 0 heterocycles. The van der Waals surface area contributed by atoms with Crippen molar-refractivity contribution in [1.82, 2.24) is 0 Å². The van der Waals surface area contributed by atoms with Crippen molar-refractivity contribution in [2.75, 3.05) is 0 Å². The summed E-state index contributed by atoms with van der Waals surface area (Å²) in [6.45, 7) is 3.75. The summed E-state index contributed by atoms with van der Waals surface area (Å²) in [6, 6.07) is 0. The highest BCUT2D eigenvalue weighted by atomic mass is 32.2. The summed E-state index contributed by atoms with van der Waals surface area (Å²) in [7, 11) is -3.93. The minimum atomic E-state index is -3.93. The third-order valence-electron chi connectivity index (χ3n) is 1.61. The minimum Gasteiger partial charge on any atom is -0.282 e. The molecule has 0 fully saturated rings. The van der Waals surface area contributed by atoms with Crippen LogP contribution in [-0.2, 0) is 10.1 Å². The molecule has 0 aliphatic heterocycles. The predicted octanol–water partition coefficient (Wildman–Crippen LogP) is 2.36. The average Bonchev–Trinajstić information content (AvgIpc) is 1.95. The van der Waals surface area contributed by atoms with Gasteiger partial charge in [0.15, 0.2) is 0 Å². The van der Waals surface area contributed by atoms with Crippen molar-refractivity contribution in [3.8, 4) is 0 Å². The van der Waals surface area contributed by atoms with Gasteiger partial charge in [0.05, 0.1) is 4.91 Å². The zero-order valence-electron chi connectivity index (χ0n) is 7.58. The summed E-state index contributed by atoms with van der Waals surface area (Å²) < 4.78 is 30.0. The Labute approximate surface area is 74.2 Å². The first kappa shape index (κ1) is 11.6. The number of hydrogen-bond acceptors (Lipinski definition) is 2. The molecule has 0 saturated heterocycles. The molecule has 0 aromatic carbocycles. The maximum Gasteiger partial charge on any atom is 0.290 e. The maximum atomic E-state index is 10.6. The van der Waals surface area contributed by atoms with Gasteiger partial charge in [-0.25, -0.2) is 0 Å². The third kappa shape index (κ3) is 4.51. The van der Waals surface area contributed by atoms with Gasteiger partial charge >= 0.3 is 0 Å². The molecular weight excluding hydrogens is 176 g/mol. The molecule has 12 heavy (non-hydrogen) atoms. The van der Waals surface area contributed by atoms with Crippen molar-refractivity contribution in [2.24, 2.45) is 0 Å². The van der Waals surface area contributed by atoms with Gasteiger partial charge in [0.25, 0.3) is 10.1 Å². The van der Waals surface area contributed by atoms with Crippen LogP contribution in [0.2, 0.25) is 0 Å². The van der Waals surface area contributed by atoms with E-state index in [4.69, 9.17) is 4.55 Å². The molecule has 0 aromatic rings. The van der Waals surface area contributed by atoms with E-state index < -0.39 is 10.1 Å². The van der Waals surface area contributed by atoms with Gasteiger partial charge in [0, 0.05) is 0 Å². The minimum absolute atomic E-state index is 0.135. The second-order valence-corrected chi connectivity index (χ2v) is 4.12. The molecule has 4 heteroatoms. The van der Waals surface area contributed by atoms with Crippen molar-refractivity contribution in [1.29, 1.82) is 0 Å². The van der Waals surface area contributed by atoms with Crippen molar-refractivity contribution in [3.63, 3.8) is 0 Å². The summed E-state index contributed by atoms with van der Waals surface area (Å²) in [5, 5.41) is 0. The van der Waals surface area contributed by atoms with Crippen LogP contribution in [0.5, 0.6) is 0 Å². The monoisotopic (exact) mass is 192 g/mol. The van der Waals surface area contributed by atoms with E-state index in [0.717, 1.165) is 19.3 Å². The van der Waals surface area contributed by atoms with Gasteiger partial charge in [-0.2, -0.15) is 8.42 Å². The Bertz CT molecular complexity index is 239. The van der Waals surface area contributed by atoms with E-state index in [1.807, 2.05) is 6.92 Å². The van der Waals surface area contributed by atoms with Gasteiger partial charge in [0.1, 0.15) is 0 Å². The molecule has 3 nitrogen and oxygen atoms in total. The fourth-order valence-corrected chi connectivity index (χ4v) is 1.59. The normalized spacial score (nSPS) is 13.4. The van der Waals surface area contributed by atoms with Crippen molar-refractivity contribution in [3.05, 3.63) is 11.0 Å². The lowest BCUT2D eigenvalue weighted by Crippen LogP contribution is -2.00. The standard InChI is InChI=1S/C8H16O3S/c1-3-5-6-7-8(4-2)12(9,10)11/h7H,3-6H2,1-2H3,(H,9,10,11). The Morgan fingerprint density at radius 1 is 1.42 bits per heavy atom. The van der Waals surface area contributed by atoms with Crippen LogP contribution < -0.4 is 0 Å². The molecule has 0 bridgehead atoms. The molecule has 0 spiro atoms. The fraction of sp³-hybridized carbons (Fsp3) is 0.750. The van der Waals surface area contributed by atoms with Gasteiger partial charge < -0.3 is 0 Å². The summed E-state index contributed by atoms with van der Waals surface area (Å²) >= 11 is 0. The maximum absolute atomic E-state index is 10.6. The smallest absolute Gasteiger partial charge is 0.282 e. The second kappa shape index (κ2) is 5.32. The van der Waals surface area contributed by atoms with Crippen LogP contribution in [0.4, 0.5) is 0 Å². The Kier molecular flexibility index (Phi) is 5.17. The SMILES string of the molecule is CCCCC=C(CC)S(=O)(=O)O. The Morgan fingerprint density at radius 3 is 2.33 bits per heavy atom. The Morgan fingerprint density at radius 2 is 2.00 bits per heavy atom. The molecule has 0 aromatic heterocycles. The zero-order chi connectivity index (χ0) is 9.61. The van der Waals surface area contributed by atoms with Crippen LogP contribution in [0.1, 0.15) is 39.5 Å². The number of allylic oxidation sites excluding steroid dienone is 2. The summed E-state index contributed by atoms with van der Waals surface area (Å²) in [4.78, 5) is 0.135. The highest BCUT2D eigenvalue weighted by Crippen LogP contribution is 2.10. The van der Waals surface area contributed by atoms with Gasteiger partial charge in [-0.3, -0.25) is 4.55 Å². The van der Waals surface area contributed by atoms with E-state index in [9.17, 15) is 8.42 Å². The van der Waals surface area contributed by atoms with Crippen LogP contribution in [-0.4, -0.2) is 13.0 Å². The number of unbranched alkanes of at least 4 members (excludes halogenated alkanes) is 2. The van der Waals surface area contributed by atoms with E-state index in [2.05, 4.69) is 0 Å². The van der Waals surface area contributed by atoms with Gasteiger partial charge in [-0.1, -0.05) is 32.8 Å². The van der Waals surface area contributed by atoms with Gasteiger partial charge in [-0.05, 0) is 12.8 Å². The summed E-state index contributed by atoms with van der Waals surface area (Å²) in [6.07, 6.45) is 4.67. The first-order valence-electron chi connectivity index (χ1n) is 4.18. The van der Waals surface area contributed by atoms with E-state index in [1.54, 1.807) is 13.0 Å². The van der Waals surface area contributed by atoms with Crippen LogP contribution >= 0.6 is 0 Å². The molecule has 72 valence electrons. The quantitative estimate of drug-likeness (QED) is 0.537. The van der Waals surface area contributed by atoms with Crippen LogP contribution in [0, 0.1) is 0 Å². The number of hydrogen-bond donors (Lipinski definition) is 1. The van der Waals surface area contributed by atoms with Crippen LogP contribution in [0.15, 0.2) is 11.0 Å². The molecular formula is C8H16O3S. The molecule has 0 radical (unpaired) electrons. The highest BCUT2D eigenvalue weighted by Gasteiger charge is 2.09. The first-order chi connectivity index (χ1) is 5.52. The summed E-state index contributed by atoms with van der Waals surface area (Å²) in [5.74, 6) is 0. The van der Waals surface area contributed by atoms with E-state index in [1.165, 1.54) is 0 Å². The third-order valence-corrected chi connectivity index (χ3v) is 2.73. The van der Waals surface area contributed by atoms with Gasteiger partial charge in [-0.15, -0.1) is 0 Å². The largest absolute Gasteiger partial charge is 0.290 e. The molecule has 0 aliphatic rings. The first-order valence-corrected chi connectivity index (χ1v) is 5.62. The van der Waals surface area contributed by atoms with Crippen molar-refractivity contribution in [2.45, 2.75) is 39.5 Å². The van der Waals surface area contributed by atoms with Crippen LogP contribution in [0.3, 0.4) is 0 Å². The van der Waals surface area contributed by atoms with E-state index >= 15 is 0 Å². The molecule has 0 atom stereocenters. The summed E-state index contributed by atoms with van der Waals surface area (Å²) in [5.41, 5.74) is 0. The Hall–Kier alpha value is -0.350. The topological polar surface area (TPSA) is 54.4 Å². The fourth-order valence-electron chi connectivity index (χ4n) is 0.899. The Balaban J connectivity index is 4.26. The second-order valence-electron chi connectivity index (χ2n) is 2.64. The molecule has 1 N–H and O–H groups in total. The lowest BCUT2D eigenvalue weighted by atomic mass is 10.2. The highest BCUT2D eigenvalue weighted by molar-refractivity contribution is 7.89. The molecule has 0 unspecified atom stereocenters.